The fraction of sp³-hybridized carbons (Fsp3) is 0.500. The van der Waals surface area contributed by atoms with Gasteiger partial charge in [-0.15, -0.1) is 0 Å². The molecule has 11 heteroatoms. The molecule has 35 heavy (non-hydrogen) atoms. The minimum absolute atomic E-state index is 0.00550. The Morgan fingerprint density at radius 1 is 1.06 bits per heavy atom. The van der Waals surface area contributed by atoms with Gasteiger partial charge in [0.05, 0.1) is 18.5 Å². The molecular weight excluding hydrogens is 482 g/mol. The number of nitrogens with one attached hydrogen (secondary N) is 2. The third-order valence-electron chi connectivity index (χ3n) is 7.47. The average Bonchev–Trinajstić information content (AvgIpc) is 2.85. The predicted molar refractivity (Wildman–Crippen MR) is 121 cm³/mol. The number of halogens is 3. The predicted octanol–water partition coefficient (Wildman–Crippen LogP) is 3.64. The molecule has 8 nitrogen and oxygen atoms in total. The summed E-state index contributed by atoms with van der Waals surface area (Å²) >= 11 is 6.00. The van der Waals surface area contributed by atoms with Crippen LogP contribution in [0.15, 0.2) is 30.6 Å². The number of hydrogen-bond donors (Lipinski definition) is 3. The molecule has 3 N–H and O–H groups in total. The second-order valence-corrected chi connectivity index (χ2v) is 10.1. The summed E-state index contributed by atoms with van der Waals surface area (Å²) in [6.45, 7) is 0. The molecule has 1 aliphatic heterocycles. The maximum atomic E-state index is 13.1. The second-order valence-electron chi connectivity index (χ2n) is 9.67. The van der Waals surface area contributed by atoms with Gasteiger partial charge < -0.3 is 20.5 Å². The van der Waals surface area contributed by atoms with E-state index in [0.29, 0.717) is 54.9 Å². The first-order valence-corrected chi connectivity index (χ1v) is 11.9. The summed E-state index contributed by atoms with van der Waals surface area (Å²) in [5.74, 6) is -0.262. The van der Waals surface area contributed by atoms with E-state index in [-0.39, 0.29) is 18.0 Å². The molecular formula is C24H25ClF2N4O4. The standard InChI is InChI=1S/C24H25ClF2N4O4/c25-13-1-2-18-14(9-13)17(32)10-19(35-18)22(34)31-24-6-3-23(4-7-24,5-8-24)30-21(33)16-12-28-15(11-29-16)20(26)27/h1-2,9,11-12,17,19-20,32H,3-8,10H2,(H,30,33)(H,31,34)/t17-,19-,23?,24?/m1/s1. The zero-order valence-corrected chi connectivity index (χ0v) is 19.5. The summed E-state index contributed by atoms with van der Waals surface area (Å²) in [5, 5.41) is 17.2. The largest absolute Gasteiger partial charge is 0.480 e. The average molecular weight is 507 g/mol. The van der Waals surface area contributed by atoms with Crippen molar-refractivity contribution >= 4 is 23.4 Å². The van der Waals surface area contributed by atoms with Gasteiger partial charge in [0.15, 0.2) is 6.10 Å². The first-order valence-electron chi connectivity index (χ1n) is 11.6. The summed E-state index contributed by atoms with van der Waals surface area (Å²) in [6.07, 6.45) is 1.74. The van der Waals surface area contributed by atoms with Crippen LogP contribution in [0.25, 0.3) is 0 Å². The molecule has 6 rings (SSSR count). The molecule has 2 atom stereocenters. The lowest BCUT2D eigenvalue weighted by molar-refractivity contribution is -0.134. The number of aromatic nitrogens is 2. The van der Waals surface area contributed by atoms with E-state index >= 15 is 0 Å². The summed E-state index contributed by atoms with van der Waals surface area (Å²) in [4.78, 5) is 33.2. The fourth-order valence-electron chi connectivity index (χ4n) is 5.35. The maximum Gasteiger partial charge on any atom is 0.281 e. The fourth-order valence-corrected chi connectivity index (χ4v) is 5.53. The number of hydrogen-bond acceptors (Lipinski definition) is 6. The van der Waals surface area contributed by atoms with Crippen molar-refractivity contribution in [2.45, 2.75) is 74.7 Å². The smallest absolute Gasteiger partial charge is 0.281 e. The van der Waals surface area contributed by atoms with Crippen LogP contribution < -0.4 is 15.4 Å². The summed E-state index contributed by atoms with van der Waals surface area (Å²) < 4.78 is 31.2. The van der Waals surface area contributed by atoms with Gasteiger partial charge in [-0.05, 0) is 56.7 Å². The number of aliphatic hydroxyl groups excluding tert-OH is 1. The Kier molecular flexibility index (Phi) is 6.13. The summed E-state index contributed by atoms with van der Waals surface area (Å²) in [7, 11) is 0. The van der Waals surface area contributed by atoms with Crippen molar-refractivity contribution in [2.75, 3.05) is 0 Å². The molecule has 2 aromatic rings. The molecule has 1 aromatic carbocycles. The number of aliphatic hydroxyl groups is 1. The van der Waals surface area contributed by atoms with Crippen LogP contribution in [0.4, 0.5) is 8.78 Å². The second kappa shape index (κ2) is 8.98. The van der Waals surface area contributed by atoms with E-state index in [9.17, 15) is 23.5 Å². The zero-order chi connectivity index (χ0) is 24.8. The summed E-state index contributed by atoms with van der Waals surface area (Å²) in [5.41, 5.74) is -0.727. The van der Waals surface area contributed by atoms with Gasteiger partial charge in [-0.1, -0.05) is 11.6 Å². The molecule has 3 aliphatic carbocycles. The Morgan fingerprint density at radius 2 is 1.71 bits per heavy atom. The van der Waals surface area contributed by atoms with E-state index in [0.717, 1.165) is 12.4 Å². The first-order chi connectivity index (χ1) is 16.7. The number of nitrogens with zero attached hydrogens (tertiary/aromatic N) is 2. The number of benzene rings is 1. The van der Waals surface area contributed by atoms with Crippen LogP contribution in [-0.2, 0) is 4.79 Å². The van der Waals surface area contributed by atoms with Crippen LogP contribution >= 0.6 is 11.6 Å². The zero-order valence-electron chi connectivity index (χ0n) is 18.8. The lowest BCUT2D eigenvalue weighted by Gasteiger charge is -2.54. The molecule has 2 amide bonds. The minimum atomic E-state index is -2.74. The van der Waals surface area contributed by atoms with Gasteiger partial charge in [0.25, 0.3) is 18.2 Å². The normalized spacial score (nSPS) is 29.3. The molecule has 0 spiro atoms. The van der Waals surface area contributed by atoms with E-state index in [4.69, 9.17) is 16.3 Å². The third kappa shape index (κ3) is 4.69. The third-order valence-corrected chi connectivity index (χ3v) is 7.71. The van der Waals surface area contributed by atoms with E-state index < -0.39 is 41.3 Å². The number of amides is 2. The highest BCUT2D eigenvalue weighted by Gasteiger charge is 2.51. The van der Waals surface area contributed by atoms with Gasteiger partial charge in [-0.25, -0.2) is 13.8 Å². The van der Waals surface area contributed by atoms with Crippen LogP contribution in [-0.4, -0.2) is 44.1 Å². The Balaban J connectivity index is 1.19. The molecule has 2 bridgehead atoms. The Labute approximate surface area is 205 Å². The van der Waals surface area contributed by atoms with E-state index in [1.807, 2.05) is 0 Å². The van der Waals surface area contributed by atoms with Gasteiger partial charge >= 0.3 is 0 Å². The molecule has 186 valence electrons. The van der Waals surface area contributed by atoms with Gasteiger partial charge in [0, 0.05) is 28.1 Å². The van der Waals surface area contributed by atoms with E-state index in [1.54, 1.807) is 18.2 Å². The van der Waals surface area contributed by atoms with Gasteiger partial charge in [0.1, 0.15) is 17.1 Å². The Bertz CT molecular complexity index is 1120. The number of fused-ring (bicyclic) bond motifs is 4. The SMILES string of the molecule is O=C(NC12CCC(NC(=O)[C@H]3C[C@@H](O)c4cc(Cl)ccc4O3)(CC1)CC2)c1cnc(C(F)F)cn1. The number of rotatable bonds is 5. The summed E-state index contributed by atoms with van der Waals surface area (Å²) in [6, 6.07) is 4.95. The first kappa shape index (κ1) is 23.9. The van der Waals surface area contributed by atoms with E-state index in [2.05, 4.69) is 20.6 Å². The van der Waals surface area contributed by atoms with Crippen LogP contribution in [0, 0.1) is 0 Å². The van der Waals surface area contributed by atoms with Crippen molar-refractivity contribution in [1.82, 2.24) is 20.6 Å². The lowest BCUT2D eigenvalue weighted by atomic mass is 9.61. The number of carbonyl (C=O) groups excluding carboxylic acids is 2. The number of ether oxygens (including phenoxy) is 1. The van der Waals surface area contributed by atoms with Crippen molar-refractivity contribution in [3.05, 3.63) is 52.6 Å². The minimum Gasteiger partial charge on any atom is -0.480 e. The molecule has 1 aromatic heterocycles. The number of carbonyl (C=O) groups is 2. The van der Waals surface area contributed by atoms with Crippen molar-refractivity contribution in [1.29, 1.82) is 0 Å². The van der Waals surface area contributed by atoms with Crippen molar-refractivity contribution in [3.8, 4) is 5.75 Å². The van der Waals surface area contributed by atoms with Gasteiger partial charge in [0.2, 0.25) is 0 Å². The molecule has 0 unspecified atom stereocenters. The van der Waals surface area contributed by atoms with Gasteiger partial charge in [-0.3, -0.25) is 14.6 Å². The topological polar surface area (TPSA) is 113 Å². The van der Waals surface area contributed by atoms with Gasteiger partial charge in [-0.2, -0.15) is 0 Å². The Hall–Kier alpha value is -2.85. The highest BCUT2D eigenvalue weighted by atomic mass is 35.5. The van der Waals surface area contributed by atoms with Crippen molar-refractivity contribution < 1.29 is 28.2 Å². The monoisotopic (exact) mass is 506 g/mol. The molecule has 4 aliphatic rings. The molecule has 3 saturated carbocycles. The van der Waals surface area contributed by atoms with Crippen molar-refractivity contribution in [3.63, 3.8) is 0 Å². The lowest BCUT2D eigenvalue weighted by Crippen LogP contribution is -2.65. The number of alkyl halides is 2. The van der Waals surface area contributed by atoms with Crippen LogP contribution in [0.5, 0.6) is 5.75 Å². The van der Waals surface area contributed by atoms with Crippen LogP contribution in [0.1, 0.15) is 79.2 Å². The Morgan fingerprint density at radius 3 is 2.31 bits per heavy atom. The maximum absolute atomic E-state index is 13.1. The van der Waals surface area contributed by atoms with Crippen LogP contribution in [0.3, 0.4) is 0 Å². The van der Waals surface area contributed by atoms with Crippen LogP contribution in [0.2, 0.25) is 5.02 Å². The highest BCUT2D eigenvalue weighted by Crippen LogP contribution is 2.47. The molecule has 3 fully saturated rings. The van der Waals surface area contributed by atoms with E-state index in [1.165, 1.54) is 0 Å². The highest BCUT2D eigenvalue weighted by molar-refractivity contribution is 6.30. The molecule has 0 radical (unpaired) electrons. The quantitative estimate of drug-likeness (QED) is 0.570. The molecule has 0 saturated heterocycles. The molecule has 2 heterocycles. The van der Waals surface area contributed by atoms with Crippen molar-refractivity contribution in [2.24, 2.45) is 0 Å².